The predicted octanol–water partition coefficient (Wildman–Crippen LogP) is 2.06. The van der Waals surface area contributed by atoms with Crippen LogP contribution in [0.4, 0.5) is 0 Å². The van der Waals surface area contributed by atoms with E-state index in [-0.39, 0.29) is 17.6 Å². The van der Waals surface area contributed by atoms with Gasteiger partial charge < -0.3 is 19.4 Å². The van der Waals surface area contributed by atoms with Crippen LogP contribution in [0.3, 0.4) is 0 Å². The first kappa shape index (κ1) is 17.0. The van der Waals surface area contributed by atoms with Gasteiger partial charge in [-0.1, -0.05) is 5.16 Å². The number of amides is 1. The van der Waals surface area contributed by atoms with Crippen molar-refractivity contribution in [2.75, 3.05) is 0 Å². The zero-order valence-electron chi connectivity index (χ0n) is 14.0. The third-order valence-electron chi connectivity index (χ3n) is 3.70. The van der Waals surface area contributed by atoms with Crippen molar-refractivity contribution in [3.8, 4) is 0 Å². The van der Waals surface area contributed by atoms with E-state index >= 15 is 0 Å². The largest absolute Gasteiger partial charge is 0.467 e. The molecule has 2 unspecified atom stereocenters. The summed E-state index contributed by atoms with van der Waals surface area (Å²) in [5.41, 5.74) is 1.24. The summed E-state index contributed by atoms with van der Waals surface area (Å²) < 4.78 is 12.0. The Morgan fingerprint density at radius 2 is 2.32 bits per heavy atom. The number of nitrogens with one attached hydrogen (secondary N) is 1. The molecule has 3 aromatic rings. The molecule has 8 heteroatoms. The quantitative estimate of drug-likeness (QED) is 0.679. The molecule has 0 aliphatic carbocycles. The Labute approximate surface area is 144 Å². The van der Waals surface area contributed by atoms with Crippen LogP contribution in [0.5, 0.6) is 0 Å². The number of hydrogen-bond acceptors (Lipinski definition) is 6. The molecule has 1 amide bonds. The molecule has 0 bridgehead atoms. The van der Waals surface area contributed by atoms with E-state index in [0.29, 0.717) is 24.5 Å². The van der Waals surface area contributed by atoms with Crippen molar-refractivity contribution in [1.82, 2.24) is 20.3 Å². The van der Waals surface area contributed by atoms with E-state index in [2.05, 4.69) is 15.6 Å². The summed E-state index contributed by atoms with van der Waals surface area (Å²) >= 11 is 0. The number of rotatable bonds is 7. The Bertz CT molecular complexity index is 821. The summed E-state index contributed by atoms with van der Waals surface area (Å²) in [5.74, 6) is 0.654. The highest BCUT2D eigenvalue weighted by Crippen LogP contribution is 2.18. The molecule has 0 saturated carbocycles. The van der Waals surface area contributed by atoms with Gasteiger partial charge >= 0.3 is 0 Å². The van der Waals surface area contributed by atoms with E-state index in [9.17, 15) is 9.90 Å². The fraction of sp³-hybridized carbons (Fsp3) is 0.353. The first-order chi connectivity index (χ1) is 12.0. The van der Waals surface area contributed by atoms with Crippen molar-refractivity contribution in [3.63, 3.8) is 0 Å². The van der Waals surface area contributed by atoms with Crippen molar-refractivity contribution in [2.45, 2.75) is 39.0 Å². The Kier molecular flexibility index (Phi) is 4.99. The molecule has 3 aromatic heterocycles. The van der Waals surface area contributed by atoms with Crippen LogP contribution in [0.15, 0.2) is 45.8 Å². The second-order valence-corrected chi connectivity index (χ2v) is 6.04. The van der Waals surface area contributed by atoms with Crippen LogP contribution >= 0.6 is 0 Å². The minimum Gasteiger partial charge on any atom is -0.467 e. The van der Waals surface area contributed by atoms with Crippen LogP contribution < -0.4 is 5.32 Å². The van der Waals surface area contributed by atoms with Gasteiger partial charge in [0.1, 0.15) is 18.4 Å². The van der Waals surface area contributed by atoms with Crippen molar-refractivity contribution >= 4 is 5.91 Å². The maximum Gasteiger partial charge on any atom is 0.273 e. The third kappa shape index (κ3) is 4.36. The van der Waals surface area contributed by atoms with Gasteiger partial charge in [0, 0.05) is 24.7 Å². The molecular weight excluding hydrogens is 324 g/mol. The second kappa shape index (κ2) is 7.35. The standard InChI is InChI=1S/C17H20N4O4/c1-11-8-18-21(9-11)10-13-7-14(20-25-13)17(23)19-12(2)6-15(22)16-4-3-5-24-16/h3-5,7-9,12,15,22H,6,10H2,1-2H3,(H,19,23). The second-order valence-electron chi connectivity index (χ2n) is 6.04. The van der Waals surface area contributed by atoms with Gasteiger partial charge in [-0.25, -0.2) is 0 Å². The highest BCUT2D eigenvalue weighted by atomic mass is 16.5. The highest BCUT2D eigenvalue weighted by Gasteiger charge is 2.19. The lowest BCUT2D eigenvalue weighted by Gasteiger charge is -2.15. The van der Waals surface area contributed by atoms with E-state index in [4.69, 9.17) is 8.94 Å². The number of nitrogens with zero attached hydrogens (tertiary/aromatic N) is 3. The fourth-order valence-electron chi connectivity index (χ4n) is 2.50. The van der Waals surface area contributed by atoms with E-state index in [1.807, 2.05) is 13.1 Å². The molecular formula is C17H20N4O4. The number of furan rings is 1. The zero-order valence-corrected chi connectivity index (χ0v) is 14.0. The minimum atomic E-state index is -0.777. The van der Waals surface area contributed by atoms with Crippen molar-refractivity contribution in [3.05, 3.63) is 59.6 Å². The fourth-order valence-corrected chi connectivity index (χ4v) is 2.50. The van der Waals surface area contributed by atoms with Gasteiger partial charge in [0.15, 0.2) is 11.5 Å². The van der Waals surface area contributed by atoms with Gasteiger partial charge in [-0.15, -0.1) is 0 Å². The topological polar surface area (TPSA) is 106 Å². The van der Waals surface area contributed by atoms with Crippen molar-refractivity contribution in [1.29, 1.82) is 0 Å². The Morgan fingerprint density at radius 1 is 1.48 bits per heavy atom. The zero-order chi connectivity index (χ0) is 17.8. The van der Waals surface area contributed by atoms with E-state index in [1.54, 1.807) is 36.0 Å². The lowest BCUT2D eigenvalue weighted by molar-refractivity contribution is 0.0894. The molecule has 2 atom stereocenters. The smallest absolute Gasteiger partial charge is 0.273 e. The van der Waals surface area contributed by atoms with Gasteiger partial charge in [-0.05, 0) is 31.5 Å². The molecule has 0 saturated heterocycles. The van der Waals surface area contributed by atoms with Crippen LogP contribution in [-0.4, -0.2) is 32.0 Å². The SMILES string of the molecule is Cc1cnn(Cc2cc(C(=O)NC(C)CC(O)c3ccco3)no2)c1. The molecule has 0 aliphatic rings. The molecule has 0 fully saturated rings. The Morgan fingerprint density at radius 3 is 3.00 bits per heavy atom. The first-order valence-corrected chi connectivity index (χ1v) is 7.98. The number of aliphatic hydroxyl groups is 1. The molecule has 25 heavy (non-hydrogen) atoms. The summed E-state index contributed by atoms with van der Waals surface area (Å²) in [6, 6.07) is 4.73. The summed E-state index contributed by atoms with van der Waals surface area (Å²) in [7, 11) is 0. The van der Waals surface area contributed by atoms with Gasteiger partial charge in [0.2, 0.25) is 0 Å². The number of hydrogen-bond donors (Lipinski definition) is 2. The van der Waals surface area contributed by atoms with Crippen LogP contribution in [-0.2, 0) is 6.54 Å². The average Bonchev–Trinajstić information content (AvgIpc) is 3.29. The summed E-state index contributed by atoms with van der Waals surface area (Å²) in [4.78, 5) is 12.2. The van der Waals surface area contributed by atoms with E-state index in [1.165, 1.54) is 6.26 Å². The molecule has 0 aliphatic heterocycles. The van der Waals surface area contributed by atoms with Crippen LogP contribution in [0.2, 0.25) is 0 Å². The Hall–Kier alpha value is -2.87. The lowest BCUT2D eigenvalue weighted by Crippen LogP contribution is -2.33. The summed E-state index contributed by atoms with van der Waals surface area (Å²) in [6.45, 7) is 4.15. The number of carbonyl (C=O) groups excluding carboxylic acids is 1. The maximum atomic E-state index is 12.2. The van der Waals surface area contributed by atoms with Gasteiger partial charge in [0.25, 0.3) is 5.91 Å². The number of aryl methyl sites for hydroxylation is 1. The predicted molar refractivity (Wildman–Crippen MR) is 87.8 cm³/mol. The monoisotopic (exact) mass is 344 g/mol. The molecule has 132 valence electrons. The van der Waals surface area contributed by atoms with Crippen LogP contribution in [0, 0.1) is 6.92 Å². The molecule has 0 spiro atoms. The number of aliphatic hydroxyl groups excluding tert-OH is 1. The molecule has 3 heterocycles. The van der Waals surface area contributed by atoms with Crippen molar-refractivity contribution < 1.29 is 18.8 Å². The summed E-state index contributed by atoms with van der Waals surface area (Å²) in [5, 5.41) is 20.8. The van der Waals surface area contributed by atoms with Gasteiger partial charge in [-0.3, -0.25) is 9.48 Å². The minimum absolute atomic E-state index is 0.193. The molecule has 2 N–H and O–H groups in total. The molecule has 3 rings (SSSR count). The van der Waals surface area contributed by atoms with Crippen LogP contribution in [0.1, 0.15) is 47.0 Å². The van der Waals surface area contributed by atoms with Crippen LogP contribution in [0.25, 0.3) is 0 Å². The van der Waals surface area contributed by atoms with E-state index in [0.717, 1.165) is 5.56 Å². The molecule has 0 aromatic carbocycles. The Balaban J connectivity index is 1.54. The summed E-state index contributed by atoms with van der Waals surface area (Å²) in [6.07, 6.45) is 4.67. The average molecular weight is 344 g/mol. The van der Waals surface area contributed by atoms with E-state index < -0.39 is 6.10 Å². The highest BCUT2D eigenvalue weighted by molar-refractivity contribution is 5.92. The molecule has 8 nitrogen and oxygen atoms in total. The maximum absolute atomic E-state index is 12.2. The number of aromatic nitrogens is 3. The third-order valence-corrected chi connectivity index (χ3v) is 3.70. The normalized spacial score (nSPS) is 13.6. The lowest BCUT2D eigenvalue weighted by atomic mass is 10.1. The molecule has 0 radical (unpaired) electrons. The van der Waals surface area contributed by atoms with Gasteiger partial charge in [0.05, 0.1) is 12.5 Å². The van der Waals surface area contributed by atoms with Crippen molar-refractivity contribution in [2.24, 2.45) is 0 Å². The van der Waals surface area contributed by atoms with Gasteiger partial charge in [-0.2, -0.15) is 5.10 Å². The first-order valence-electron chi connectivity index (χ1n) is 7.98. The number of carbonyl (C=O) groups is 1.